The van der Waals surface area contributed by atoms with Crippen LogP contribution in [-0.2, 0) is 6.42 Å². The molecule has 0 bridgehead atoms. The van der Waals surface area contributed by atoms with Crippen LogP contribution >= 0.6 is 0 Å². The van der Waals surface area contributed by atoms with Gasteiger partial charge in [-0.15, -0.1) is 0 Å². The summed E-state index contributed by atoms with van der Waals surface area (Å²) in [4.78, 5) is 33.6. The third kappa shape index (κ3) is 4.29. The summed E-state index contributed by atoms with van der Waals surface area (Å²) >= 11 is 0. The molecule has 4 heterocycles. The first-order valence-electron chi connectivity index (χ1n) is 11.4. The van der Waals surface area contributed by atoms with Crippen molar-refractivity contribution in [2.75, 3.05) is 0 Å². The molecule has 4 aromatic heterocycles. The van der Waals surface area contributed by atoms with Crippen molar-refractivity contribution in [3.8, 4) is 22.8 Å². The maximum Gasteiger partial charge on any atom is 0.159 e. The molecule has 6 rings (SSSR count). The summed E-state index contributed by atoms with van der Waals surface area (Å²) < 4.78 is 0. The van der Waals surface area contributed by atoms with E-state index in [4.69, 9.17) is 9.97 Å². The van der Waals surface area contributed by atoms with Gasteiger partial charge in [0, 0.05) is 48.3 Å². The van der Waals surface area contributed by atoms with Gasteiger partial charge in [-0.3, -0.25) is 0 Å². The van der Waals surface area contributed by atoms with Crippen molar-refractivity contribution in [3.05, 3.63) is 97.1 Å². The van der Waals surface area contributed by atoms with Crippen LogP contribution in [0.5, 0.6) is 0 Å². The molecule has 1 unspecified atom stereocenters. The normalized spacial score (nSPS) is 12.6. The number of allylic oxidation sites excluding steroid dienone is 2. The summed E-state index contributed by atoms with van der Waals surface area (Å²) in [5, 5.41) is 0. The second kappa shape index (κ2) is 8.90. The lowest BCUT2D eigenvalue weighted by Crippen LogP contribution is -1.92. The first-order valence-corrected chi connectivity index (χ1v) is 11.4. The van der Waals surface area contributed by atoms with E-state index in [1.807, 2.05) is 48.5 Å². The van der Waals surface area contributed by atoms with Gasteiger partial charge >= 0.3 is 0 Å². The van der Waals surface area contributed by atoms with Crippen LogP contribution in [-0.4, -0.2) is 39.9 Å². The third-order valence-corrected chi connectivity index (χ3v) is 5.85. The van der Waals surface area contributed by atoms with Crippen LogP contribution in [0.15, 0.2) is 85.5 Å². The summed E-state index contributed by atoms with van der Waals surface area (Å²) in [6.07, 6.45) is 12.0. The predicted octanol–water partition coefficient (Wildman–Crippen LogP) is 5.26. The van der Waals surface area contributed by atoms with Crippen LogP contribution in [0.1, 0.15) is 24.5 Å². The highest BCUT2D eigenvalue weighted by atomic mass is 14.9. The number of nitrogens with one attached hydrogen (secondary N) is 2. The van der Waals surface area contributed by atoms with Crippen LogP contribution in [0, 0.1) is 0 Å². The SMILES string of the molecule is CC(C=CCc1nc2ccc(-c3ncccn3)cc2[nH]1)c1nc2ccc(-c3ncccn3)cc2[nH]1. The number of H-pyrrole nitrogens is 2. The van der Waals surface area contributed by atoms with E-state index in [0.717, 1.165) is 44.8 Å². The number of aromatic amines is 2. The van der Waals surface area contributed by atoms with E-state index in [9.17, 15) is 0 Å². The molecule has 0 saturated carbocycles. The summed E-state index contributed by atoms with van der Waals surface area (Å²) in [6, 6.07) is 15.7. The Hall–Kier alpha value is -4.72. The van der Waals surface area contributed by atoms with Gasteiger partial charge in [0.05, 0.1) is 22.1 Å². The van der Waals surface area contributed by atoms with Gasteiger partial charge in [0.1, 0.15) is 11.6 Å². The first kappa shape index (κ1) is 20.9. The summed E-state index contributed by atoms with van der Waals surface area (Å²) in [5.41, 5.74) is 5.72. The van der Waals surface area contributed by atoms with E-state index < -0.39 is 0 Å². The zero-order valence-corrected chi connectivity index (χ0v) is 19.1. The highest BCUT2D eigenvalue weighted by molar-refractivity contribution is 5.81. The largest absolute Gasteiger partial charge is 0.342 e. The smallest absolute Gasteiger partial charge is 0.159 e. The van der Waals surface area contributed by atoms with E-state index in [0.29, 0.717) is 18.1 Å². The fourth-order valence-corrected chi connectivity index (χ4v) is 4.05. The summed E-state index contributed by atoms with van der Waals surface area (Å²) in [7, 11) is 0. The fraction of sp³-hybridized carbons (Fsp3) is 0.111. The number of benzene rings is 2. The molecule has 2 aromatic carbocycles. The Kier molecular flexibility index (Phi) is 5.31. The van der Waals surface area contributed by atoms with E-state index in [1.165, 1.54) is 0 Å². The van der Waals surface area contributed by atoms with Gasteiger partial charge in [0.25, 0.3) is 0 Å². The van der Waals surface area contributed by atoms with Crippen LogP contribution in [0.2, 0.25) is 0 Å². The molecule has 6 aromatic rings. The van der Waals surface area contributed by atoms with Gasteiger partial charge in [-0.1, -0.05) is 19.1 Å². The molecule has 0 saturated heterocycles. The van der Waals surface area contributed by atoms with Crippen molar-refractivity contribution in [1.82, 2.24) is 39.9 Å². The van der Waals surface area contributed by atoms with Gasteiger partial charge in [-0.2, -0.15) is 0 Å². The number of nitrogens with zero attached hydrogens (tertiary/aromatic N) is 6. The lowest BCUT2D eigenvalue weighted by Gasteiger charge is -2.00. The molecule has 0 aliphatic carbocycles. The van der Waals surface area contributed by atoms with E-state index in [2.05, 4.69) is 49.0 Å². The molecule has 2 N–H and O–H groups in total. The molecule has 0 radical (unpaired) electrons. The zero-order chi connectivity index (χ0) is 23.6. The molecule has 0 aliphatic rings. The zero-order valence-electron chi connectivity index (χ0n) is 19.1. The van der Waals surface area contributed by atoms with Crippen LogP contribution < -0.4 is 0 Å². The predicted molar refractivity (Wildman–Crippen MR) is 135 cm³/mol. The van der Waals surface area contributed by atoms with E-state index in [1.54, 1.807) is 24.8 Å². The maximum absolute atomic E-state index is 4.76. The number of hydrogen-bond acceptors (Lipinski definition) is 6. The van der Waals surface area contributed by atoms with Crippen molar-refractivity contribution in [2.24, 2.45) is 0 Å². The molecule has 0 amide bonds. The van der Waals surface area contributed by atoms with Gasteiger partial charge < -0.3 is 9.97 Å². The number of aromatic nitrogens is 8. The molecule has 0 aliphatic heterocycles. The second-order valence-electron chi connectivity index (χ2n) is 8.34. The highest BCUT2D eigenvalue weighted by Gasteiger charge is 2.11. The van der Waals surface area contributed by atoms with Crippen molar-refractivity contribution in [1.29, 1.82) is 0 Å². The number of imidazole rings is 2. The molecule has 170 valence electrons. The Balaban J connectivity index is 1.17. The standard InChI is InChI=1S/C27H22N8/c1-17(25-34-21-10-8-19(16-23(21)35-25)27-30-13-4-14-31-27)5-2-6-24-32-20-9-7-18(15-22(20)33-24)26-28-11-3-12-29-26/h2-5,7-17H,6H2,1H3,(H,32,33)(H,34,35). The Bertz CT molecular complexity index is 1630. The average Bonchev–Trinajstić information content (AvgIpc) is 3.52. The molecule has 8 nitrogen and oxygen atoms in total. The number of hydrogen-bond donors (Lipinski definition) is 2. The highest BCUT2D eigenvalue weighted by Crippen LogP contribution is 2.24. The Labute approximate surface area is 201 Å². The van der Waals surface area contributed by atoms with Crippen LogP contribution in [0.25, 0.3) is 44.8 Å². The van der Waals surface area contributed by atoms with Gasteiger partial charge in [-0.25, -0.2) is 29.9 Å². The molecule has 35 heavy (non-hydrogen) atoms. The lowest BCUT2D eigenvalue weighted by atomic mass is 10.1. The Morgan fingerprint density at radius 1 is 0.743 bits per heavy atom. The Morgan fingerprint density at radius 3 is 1.94 bits per heavy atom. The van der Waals surface area contributed by atoms with Crippen molar-refractivity contribution >= 4 is 22.1 Å². The second-order valence-corrected chi connectivity index (χ2v) is 8.34. The first-order chi connectivity index (χ1) is 17.2. The maximum atomic E-state index is 4.76. The molecule has 8 heteroatoms. The van der Waals surface area contributed by atoms with Crippen LogP contribution in [0.4, 0.5) is 0 Å². The monoisotopic (exact) mass is 458 g/mol. The average molecular weight is 459 g/mol. The van der Waals surface area contributed by atoms with Crippen molar-refractivity contribution < 1.29 is 0 Å². The van der Waals surface area contributed by atoms with Gasteiger partial charge in [0.2, 0.25) is 0 Å². The minimum Gasteiger partial charge on any atom is -0.342 e. The van der Waals surface area contributed by atoms with Crippen molar-refractivity contribution in [2.45, 2.75) is 19.3 Å². The number of fused-ring (bicyclic) bond motifs is 2. The summed E-state index contributed by atoms with van der Waals surface area (Å²) in [5.74, 6) is 3.36. The lowest BCUT2D eigenvalue weighted by molar-refractivity contribution is 0.871. The minimum absolute atomic E-state index is 0.130. The van der Waals surface area contributed by atoms with Crippen molar-refractivity contribution in [3.63, 3.8) is 0 Å². The molecular formula is C27H22N8. The molecule has 0 fully saturated rings. The summed E-state index contributed by atoms with van der Waals surface area (Å²) in [6.45, 7) is 2.13. The minimum atomic E-state index is 0.130. The van der Waals surface area contributed by atoms with E-state index in [-0.39, 0.29) is 5.92 Å². The fourth-order valence-electron chi connectivity index (χ4n) is 4.05. The molecular weight excluding hydrogens is 436 g/mol. The third-order valence-electron chi connectivity index (χ3n) is 5.85. The quantitative estimate of drug-likeness (QED) is 0.330. The topological polar surface area (TPSA) is 109 Å². The van der Waals surface area contributed by atoms with E-state index >= 15 is 0 Å². The van der Waals surface area contributed by atoms with Gasteiger partial charge in [-0.05, 0) is 48.5 Å². The Morgan fingerprint density at radius 2 is 1.31 bits per heavy atom. The molecule has 1 atom stereocenters. The van der Waals surface area contributed by atoms with Crippen LogP contribution in [0.3, 0.4) is 0 Å². The molecule has 0 spiro atoms. The number of rotatable bonds is 6. The van der Waals surface area contributed by atoms with Gasteiger partial charge in [0.15, 0.2) is 11.6 Å².